The quantitative estimate of drug-likeness (QED) is 0.476. The highest BCUT2D eigenvalue weighted by Crippen LogP contribution is 2.26. The van der Waals surface area contributed by atoms with Crippen LogP contribution in [-0.2, 0) is 14.8 Å². The molecule has 160 valence electrons. The lowest BCUT2D eigenvalue weighted by molar-refractivity contribution is -0.119. The van der Waals surface area contributed by atoms with Gasteiger partial charge in [-0.1, -0.05) is 23.7 Å². The number of halogens is 1. The van der Waals surface area contributed by atoms with Gasteiger partial charge in [0.1, 0.15) is 18.4 Å². The predicted octanol–water partition coefficient (Wildman–Crippen LogP) is 3.06. The van der Waals surface area contributed by atoms with E-state index in [1.807, 2.05) is 36.0 Å². The molecule has 30 heavy (non-hydrogen) atoms. The number of ether oxygens (including phenoxy) is 1. The second kappa shape index (κ2) is 9.72. The van der Waals surface area contributed by atoms with Crippen LogP contribution in [0.2, 0.25) is 5.02 Å². The van der Waals surface area contributed by atoms with Crippen LogP contribution in [0.4, 0.5) is 5.69 Å². The van der Waals surface area contributed by atoms with E-state index in [4.69, 9.17) is 16.3 Å². The maximum atomic E-state index is 12.3. The number of carbonyl (C=O) groups excluding carboxylic acids is 1. The molecule has 1 saturated heterocycles. The fourth-order valence-electron chi connectivity index (χ4n) is 2.77. The Bertz CT molecular complexity index is 1060. The molecule has 1 heterocycles. The van der Waals surface area contributed by atoms with Crippen molar-refractivity contribution in [3.63, 3.8) is 0 Å². The average Bonchev–Trinajstić information content (AvgIpc) is 2.63. The van der Waals surface area contributed by atoms with Crippen molar-refractivity contribution in [3.8, 4) is 5.75 Å². The molecule has 0 bridgehead atoms. The van der Waals surface area contributed by atoms with Gasteiger partial charge in [0.05, 0.1) is 18.2 Å². The van der Waals surface area contributed by atoms with E-state index in [1.165, 1.54) is 6.21 Å². The third-order valence-corrected chi connectivity index (χ3v) is 6.86. The minimum atomic E-state index is -3.68. The summed E-state index contributed by atoms with van der Waals surface area (Å²) in [4.78, 5) is 12.3. The highest BCUT2D eigenvalue weighted by atomic mass is 35.5. The Balaban J connectivity index is 1.63. The molecule has 0 unspecified atom stereocenters. The number of thioether (sulfide) groups is 1. The summed E-state index contributed by atoms with van der Waals surface area (Å²) in [5.41, 5.74) is 4.16. The van der Waals surface area contributed by atoms with E-state index in [2.05, 4.69) is 10.5 Å². The summed E-state index contributed by atoms with van der Waals surface area (Å²) in [6.07, 6.45) is 2.77. The topological polar surface area (TPSA) is 88.1 Å². The van der Waals surface area contributed by atoms with E-state index in [0.29, 0.717) is 16.3 Å². The van der Waals surface area contributed by atoms with Crippen molar-refractivity contribution in [2.45, 2.75) is 13.0 Å². The SMILES string of the molecule is Cc1cc(Cl)ccc1N(CC(=O)N/N=C\c1cccc(OC2CSC2)c1)S(C)(=O)=O. The first-order valence-electron chi connectivity index (χ1n) is 9.12. The maximum Gasteiger partial charge on any atom is 0.260 e. The predicted molar refractivity (Wildman–Crippen MR) is 122 cm³/mol. The van der Waals surface area contributed by atoms with Gasteiger partial charge >= 0.3 is 0 Å². The molecule has 1 aliphatic rings. The normalized spacial score (nSPS) is 14.4. The molecule has 1 fully saturated rings. The molecule has 0 aromatic heterocycles. The van der Waals surface area contributed by atoms with E-state index in [1.54, 1.807) is 25.1 Å². The van der Waals surface area contributed by atoms with E-state index in [0.717, 1.165) is 33.4 Å². The first kappa shape index (κ1) is 22.5. The number of amides is 1. The van der Waals surface area contributed by atoms with Gasteiger partial charge in [-0.05, 0) is 48.4 Å². The number of aryl methyl sites for hydroxylation is 1. The highest BCUT2D eigenvalue weighted by Gasteiger charge is 2.22. The Morgan fingerprint density at radius 1 is 1.33 bits per heavy atom. The van der Waals surface area contributed by atoms with E-state index < -0.39 is 22.5 Å². The van der Waals surface area contributed by atoms with Crippen molar-refractivity contribution >= 4 is 51.2 Å². The molecule has 3 rings (SSSR count). The summed E-state index contributed by atoms with van der Waals surface area (Å²) in [7, 11) is -3.68. The minimum Gasteiger partial charge on any atom is -0.489 e. The number of nitrogens with one attached hydrogen (secondary N) is 1. The van der Waals surface area contributed by atoms with Crippen LogP contribution in [0.15, 0.2) is 47.6 Å². The molecule has 10 heteroatoms. The van der Waals surface area contributed by atoms with Crippen LogP contribution in [0.3, 0.4) is 0 Å². The van der Waals surface area contributed by atoms with Crippen molar-refractivity contribution in [2.24, 2.45) is 5.10 Å². The molecule has 1 aliphatic heterocycles. The van der Waals surface area contributed by atoms with Gasteiger partial charge in [-0.3, -0.25) is 9.10 Å². The fraction of sp³-hybridized carbons (Fsp3) is 0.300. The molecule has 2 aromatic carbocycles. The van der Waals surface area contributed by atoms with Crippen LogP contribution < -0.4 is 14.5 Å². The van der Waals surface area contributed by atoms with Gasteiger partial charge in [-0.15, -0.1) is 0 Å². The highest BCUT2D eigenvalue weighted by molar-refractivity contribution is 8.00. The molecule has 0 aliphatic carbocycles. The van der Waals surface area contributed by atoms with Gasteiger partial charge in [0, 0.05) is 16.5 Å². The lowest BCUT2D eigenvalue weighted by atomic mass is 10.2. The Labute approximate surface area is 185 Å². The zero-order valence-electron chi connectivity index (χ0n) is 16.5. The van der Waals surface area contributed by atoms with Crippen molar-refractivity contribution < 1.29 is 17.9 Å². The number of hydrogen-bond acceptors (Lipinski definition) is 6. The standard InChI is InChI=1S/C20H22ClN3O4S2/c1-14-8-16(21)6-7-19(14)24(30(2,26)27)11-20(25)23-22-10-15-4-3-5-17(9-15)28-18-12-29-13-18/h3-10,18H,11-13H2,1-2H3,(H,23,25)/b22-10-. The summed E-state index contributed by atoms with van der Waals surface area (Å²) in [5.74, 6) is 2.15. The molecular formula is C20H22ClN3O4S2. The molecule has 0 saturated carbocycles. The summed E-state index contributed by atoms with van der Waals surface area (Å²) in [5, 5.41) is 4.42. The van der Waals surface area contributed by atoms with E-state index >= 15 is 0 Å². The Morgan fingerprint density at radius 3 is 2.73 bits per heavy atom. The Hall–Kier alpha value is -2.23. The van der Waals surface area contributed by atoms with Crippen LogP contribution in [0.5, 0.6) is 5.75 Å². The van der Waals surface area contributed by atoms with Crippen molar-refractivity contribution in [1.82, 2.24) is 5.43 Å². The third-order valence-electron chi connectivity index (χ3n) is 4.29. The number of carbonyl (C=O) groups is 1. The zero-order valence-corrected chi connectivity index (χ0v) is 18.9. The second-order valence-electron chi connectivity index (χ2n) is 6.84. The van der Waals surface area contributed by atoms with Crippen LogP contribution in [-0.4, -0.2) is 50.9 Å². The van der Waals surface area contributed by atoms with E-state index in [9.17, 15) is 13.2 Å². The van der Waals surface area contributed by atoms with Gasteiger partial charge < -0.3 is 4.74 Å². The average molecular weight is 468 g/mol. The van der Waals surface area contributed by atoms with Crippen LogP contribution in [0.25, 0.3) is 0 Å². The number of hydrazone groups is 1. The number of nitrogens with zero attached hydrogens (tertiary/aromatic N) is 2. The molecule has 0 atom stereocenters. The maximum absolute atomic E-state index is 12.3. The van der Waals surface area contributed by atoms with Crippen LogP contribution in [0.1, 0.15) is 11.1 Å². The van der Waals surface area contributed by atoms with E-state index in [-0.39, 0.29) is 6.10 Å². The molecule has 2 aromatic rings. The fourth-order valence-corrected chi connectivity index (χ4v) is 4.47. The number of benzene rings is 2. The Morgan fingerprint density at radius 2 is 2.10 bits per heavy atom. The van der Waals surface area contributed by atoms with Crippen molar-refractivity contribution in [3.05, 3.63) is 58.6 Å². The first-order chi connectivity index (χ1) is 14.2. The molecule has 0 radical (unpaired) electrons. The first-order valence-corrected chi connectivity index (χ1v) is 12.5. The van der Waals surface area contributed by atoms with Gasteiger partial charge in [-0.2, -0.15) is 16.9 Å². The zero-order chi connectivity index (χ0) is 21.7. The monoisotopic (exact) mass is 467 g/mol. The summed E-state index contributed by atoms with van der Waals surface area (Å²) in [6.45, 7) is 1.33. The van der Waals surface area contributed by atoms with Gasteiger partial charge in [-0.25, -0.2) is 13.8 Å². The minimum absolute atomic E-state index is 0.236. The van der Waals surface area contributed by atoms with Crippen molar-refractivity contribution in [2.75, 3.05) is 28.6 Å². The van der Waals surface area contributed by atoms with Crippen LogP contribution >= 0.6 is 23.4 Å². The Kier molecular flexibility index (Phi) is 7.27. The van der Waals surface area contributed by atoms with Gasteiger partial charge in [0.2, 0.25) is 10.0 Å². The van der Waals surface area contributed by atoms with Crippen LogP contribution in [0, 0.1) is 6.92 Å². The lowest BCUT2D eigenvalue weighted by Crippen LogP contribution is -2.39. The molecule has 7 nitrogen and oxygen atoms in total. The van der Waals surface area contributed by atoms with Gasteiger partial charge in [0.25, 0.3) is 5.91 Å². The van der Waals surface area contributed by atoms with Gasteiger partial charge in [0.15, 0.2) is 0 Å². The smallest absolute Gasteiger partial charge is 0.260 e. The summed E-state index contributed by atoms with van der Waals surface area (Å²) >= 11 is 7.78. The molecule has 1 N–H and O–H groups in total. The van der Waals surface area contributed by atoms with Crippen molar-refractivity contribution in [1.29, 1.82) is 0 Å². The summed E-state index contributed by atoms with van der Waals surface area (Å²) in [6, 6.07) is 12.2. The number of rotatable bonds is 8. The third kappa shape index (κ3) is 6.13. The summed E-state index contributed by atoms with van der Waals surface area (Å²) < 4.78 is 31.3. The number of sulfonamides is 1. The largest absolute Gasteiger partial charge is 0.489 e. The number of hydrogen-bond donors (Lipinski definition) is 1. The molecule has 0 spiro atoms. The lowest BCUT2D eigenvalue weighted by Gasteiger charge is -2.25. The number of anilines is 1. The second-order valence-corrected chi connectivity index (χ2v) is 10.3. The molecular weight excluding hydrogens is 446 g/mol. The molecule has 1 amide bonds.